The van der Waals surface area contributed by atoms with Gasteiger partial charge in [-0.2, -0.15) is 0 Å². The topological polar surface area (TPSA) is 59.6 Å². The molecule has 5 nitrogen and oxygen atoms in total. The number of benzene rings is 1. The van der Waals surface area contributed by atoms with Gasteiger partial charge in [0.15, 0.2) is 0 Å². The number of ether oxygens (including phenoxy) is 2. The predicted molar refractivity (Wildman–Crippen MR) is 92.6 cm³/mol. The lowest BCUT2D eigenvalue weighted by Gasteiger charge is -2.25. The zero-order valence-electron chi connectivity index (χ0n) is 14.6. The fourth-order valence-electron chi connectivity index (χ4n) is 3.41. The molecule has 2 amide bonds. The molecule has 0 spiro atoms. The molecule has 1 aromatic carbocycles. The maximum atomic E-state index is 11.8. The molecule has 1 fully saturated rings. The molecular formula is C18H28N2O3. The Kier molecular flexibility index (Phi) is 6.13. The van der Waals surface area contributed by atoms with Crippen molar-refractivity contribution in [2.75, 3.05) is 26.6 Å². The van der Waals surface area contributed by atoms with Crippen molar-refractivity contribution < 1.29 is 14.3 Å². The zero-order valence-corrected chi connectivity index (χ0v) is 14.6. The molecule has 0 heterocycles. The van der Waals surface area contributed by atoms with Crippen LogP contribution in [0.2, 0.25) is 0 Å². The third-order valence-electron chi connectivity index (χ3n) is 4.68. The molecule has 1 saturated carbocycles. The molecule has 0 bridgehead atoms. The van der Waals surface area contributed by atoms with Gasteiger partial charge in [0.25, 0.3) is 0 Å². The summed E-state index contributed by atoms with van der Waals surface area (Å²) >= 11 is 0. The molecule has 23 heavy (non-hydrogen) atoms. The minimum absolute atomic E-state index is 0.283. The highest BCUT2D eigenvalue weighted by atomic mass is 16.5. The van der Waals surface area contributed by atoms with Gasteiger partial charge >= 0.3 is 6.03 Å². The van der Waals surface area contributed by atoms with E-state index in [0.717, 1.165) is 17.7 Å². The third kappa shape index (κ3) is 4.09. The maximum absolute atomic E-state index is 11.8. The average Bonchev–Trinajstić information content (AvgIpc) is 2.58. The van der Waals surface area contributed by atoms with Crippen LogP contribution in [0.25, 0.3) is 0 Å². The Bertz CT molecular complexity index is 552. The van der Waals surface area contributed by atoms with Gasteiger partial charge in [0.1, 0.15) is 17.2 Å². The van der Waals surface area contributed by atoms with Gasteiger partial charge in [-0.25, -0.2) is 4.79 Å². The Labute approximate surface area is 138 Å². The first-order chi connectivity index (χ1) is 11.1. The molecule has 0 unspecified atom stereocenters. The normalized spacial score (nSPS) is 15.1. The Hall–Kier alpha value is -1.91. The van der Waals surface area contributed by atoms with E-state index < -0.39 is 0 Å². The van der Waals surface area contributed by atoms with Crippen molar-refractivity contribution >= 4 is 11.7 Å². The second kappa shape index (κ2) is 8.09. The number of anilines is 1. The molecule has 5 heteroatoms. The van der Waals surface area contributed by atoms with Gasteiger partial charge in [-0.3, -0.25) is 0 Å². The standard InChI is InChI=1S/C18H28N2O3/c1-12-10-15(22-3)16(20-18(21)19-2)17(23-4)14(12)11-13-8-6-5-7-9-13/h10,13H,5-9,11H2,1-4H3,(H2,19,20,21). The molecule has 2 rings (SSSR count). The van der Waals surface area contributed by atoms with Crippen molar-refractivity contribution in [2.24, 2.45) is 5.92 Å². The zero-order chi connectivity index (χ0) is 16.8. The second-order valence-corrected chi connectivity index (χ2v) is 6.19. The Morgan fingerprint density at radius 2 is 1.91 bits per heavy atom. The lowest BCUT2D eigenvalue weighted by molar-refractivity contribution is 0.253. The fourth-order valence-corrected chi connectivity index (χ4v) is 3.41. The number of nitrogens with one attached hydrogen (secondary N) is 2. The van der Waals surface area contributed by atoms with Crippen LogP contribution in [0, 0.1) is 12.8 Å². The van der Waals surface area contributed by atoms with Crippen LogP contribution in [0.4, 0.5) is 10.5 Å². The van der Waals surface area contributed by atoms with Crippen molar-refractivity contribution in [3.8, 4) is 11.5 Å². The fraction of sp³-hybridized carbons (Fsp3) is 0.611. The van der Waals surface area contributed by atoms with Crippen molar-refractivity contribution in [3.63, 3.8) is 0 Å². The summed E-state index contributed by atoms with van der Waals surface area (Å²) in [5, 5.41) is 5.41. The largest absolute Gasteiger partial charge is 0.494 e. The van der Waals surface area contributed by atoms with Gasteiger partial charge in [0, 0.05) is 7.05 Å². The average molecular weight is 320 g/mol. The number of aryl methyl sites for hydroxylation is 1. The number of hydrogen-bond donors (Lipinski definition) is 2. The summed E-state index contributed by atoms with van der Waals surface area (Å²) in [6, 6.07) is 1.69. The summed E-state index contributed by atoms with van der Waals surface area (Å²) in [7, 11) is 4.84. The van der Waals surface area contributed by atoms with E-state index in [1.807, 2.05) is 6.07 Å². The predicted octanol–water partition coefficient (Wildman–Crippen LogP) is 3.89. The van der Waals surface area contributed by atoms with Crippen LogP contribution >= 0.6 is 0 Å². The van der Waals surface area contributed by atoms with Crippen LogP contribution in [0.1, 0.15) is 43.2 Å². The molecular weight excluding hydrogens is 292 g/mol. The van der Waals surface area contributed by atoms with Crippen LogP contribution in [0.15, 0.2) is 6.07 Å². The van der Waals surface area contributed by atoms with E-state index >= 15 is 0 Å². The number of amides is 2. The molecule has 1 aliphatic carbocycles. The minimum Gasteiger partial charge on any atom is -0.494 e. The molecule has 0 atom stereocenters. The quantitative estimate of drug-likeness (QED) is 0.865. The number of rotatable bonds is 5. The third-order valence-corrected chi connectivity index (χ3v) is 4.68. The first kappa shape index (κ1) is 17.4. The summed E-state index contributed by atoms with van der Waals surface area (Å²) in [5.41, 5.74) is 2.92. The SMILES string of the molecule is CNC(=O)Nc1c(OC)cc(C)c(CC2CCCCC2)c1OC. The molecule has 128 valence electrons. The van der Waals surface area contributed by atoms with Gasteiger partial charge in [0.2, 0.25) is 0 Å². The number of carbonyl (C=O) groups excluding carboxylic acids is 1. The van der Waals surface area contributed by atoms with E-state index in [0.29, 0.717) is 17.4 Å². The lowest BCUT2D eigenvalue weighted by atomic mass is 9.83. The summed E-state index contributed by atoms with van der Waals surface area (Å²) < 4.78 is 11.1. The first-order valence-electron chi connectivity index (χ1n) is 8.33. The summed E-state index contributed by atoms with van der Waals surface area (Å²) in [6.45, 7) is 2.08. The summed E-state index contributed by atoms with van der Waals surface area (Å²) in [4.78, 5) is 11.8. The van der Waals surface area contributed by atoms with Gasteiger partial charge < -0.3 is 20.1 Å². The highest BCUT2D eigenvalue weighted by molar-refractivity contribution is 5.93. The van der Waals surface area contributed by atoms with Crippen LogP contribution in [-0.2, 0) is 6.42 Å². The molecule has 1 aromatic rings. The molecule has 1 aliphatic rings. The number of carbonyl (C=O) groups is 1. The molecule has 2 N–H and O–H groups in total. The second-order valence-electron chi connectivity index (χ2n) is 6.19. The smallest absolute Gasteiger partial charge is 0.319 e. The van der Waals surface area contributed by atoms with Crippen molar-refractivity contribution in [1.82, 2.24) is 5.32 Å². The first-order valence-corrected chi connectivity index (χ1v) is 8.33. The van der Waals surface area contributed by atoms with Gasteiger partial charge in [-0.1, -0.05) is 32.1 Å². The molecule has 0 radical (unpaired) electrons. The molecule has 0 saturated heterocycles. The maximum Gasteiger partial charge on any atom is 0.319 e. The lowest BCUT2D eigenvalue weighted by Crippen LogP contribution is -2.25. The van der Waals surface area contributed by atoms with Gasteiger partial charge in [0.05, 0.1) is 14.2 Å². The highest BCUT2D eigenvalue weighted by Gasteiger charge is 2.23. The Morgan fingerprint density at radius 1 is 1.22 bits per heavy atom. The summed E-state index contributed by atoms with van der Waals surface area (Å²) in [5.74, 6) is 2.03. The van der Waals surface area contributed by atoms with Gasteiger partial charge in [-0.05, 0) is 36.5 Å². The highest BCUT2D eigenvalue weighted by Crippen LogP contribution is 2.42. The van der Waals surface area contributed by atoms with Crippen LogP contribution in [0.5, 0.6) is 11.5 Å². The van der Waals surface area contributed by atoms with E-state index in [9.17, 15) is 4.79 Å². The number of hydrogen-bond acceptors (Lipinski definition) is 3. The monoisotopic (exact) mass is 320 g/mol. The minimum atomic E-state index is -0.283. The van der Waals surface area contributed by atoms with Crippen molar-refractivity contribution in [2.45, 2.75) is 45.4 Å². The molecule has 0 aromatic heterocycles. The number of methoxy groups -OCH3 is 2. The van der Waals surface area contributed by atoms with Crippen LogP contribution < -0.4 is 20.1 Å². The van der Waals surface area contributed by atoms with E-state index in [4.69, 9.17) is 9.47 Å². The van der Waals surface area contributed by atoms with E-state index in [1.165, 1.54) is 37.7 Å². The van der Waals surface area contributed by atoms with Crippen LogP contribution in [0.3, 0.4) is 0 Å². The number of urea groups is 1. The van der Waals surface area contributed by atoms with E-state index in [2.05, 4.69) is 17.6 Å². The van der Waals surface area contributed by atoms with Gasteiger partial charge in [-0.15, -0.1) is 0 Å². The Balaban J connectivity index is 2.39. The van der Waals surface area contributed by atoms with Crippen molar-refractivity contribution in [3.05, 3.63) is 17.2 Å². The van der Waals surface area contributed by atoms with E-state index in [-0.39, 0.29) is 6.03 Å². The Morgan fingerprint density at radius 3 is 2.48 bits per heavy atom. The summed E-state index contributed by atoms with van der Waals surface area (Å²) in [6.07, 6.45) is 7.50. The van der Waals surface area contributed by atoms with E-state index in [1.54, 1.807) is 21.3 Å². The van der Waals surface area contributed by atoms with Crippen LogP contribution in [-0.4, -0.2) is 27.3 Å². The van der Waals surface area contributed by atoms with Crippen molar-refractivity contribution in [1.29, 1.82) is 0 Å². The molecule has 0 aliphatic heterocycles.